The van der Waals surface area contributed by atoms with Crippen LogP contribution < -0.4 is 0 Å². The smallest absolute Gasteiger partial charge is 0.186 e. The second kappa shape index (κ2) is 4.62. The Morgan fingerprint density at radius 3 is 2.67 bits per heavy atom. The topological polar surface area (TPSA) is 17.1 Å². The summed E-state index contributed by atoms with van der Waals surface area (Å²) < 4.78 is 0. The number of carbonyl (C=O) groups excluding carboxylic acids is 1. The first-order chi connectivity index (χ1) is 4.16. The van der Waals surface area contributed by atoms with Crippen LogP contribution in [0.4, 0.5) is 0 Å². The fraction of sp³-hybridized carbons (Fsp3) is 0.571. The van der Waals surface area contributed by atoms with Crippen LogP contribution in [0.5, 0.6) is 0 Å². The van der Waals surface area contributed by atoms with Gasteiger partial charge in [0.1, 0.15) is 0 Å². The fourth-order valence-electron chi connectivity index (χ4n) is 0.672. The first kappa shape index (κ1) is 8.76. The predicted octanol–water partition coefficient (Wildman–Crippen LogP) is 2.05. The predicted molar refractivity (Wildman–Crippen MR) is 42.6 cm³/mol. The Labute approximate surface area is 61.6 Å². The van der Waals surface area contributed by atoms with Gasteiger partial charge in [0.2, 0.25) is 0 Å². The van der Waals surface area contributed by atoms with E-state index in [9.17, 15) is 4.79 Å². The molecular weight excluding hydrogens is 132 g/mol. The Morgan fingerprint density at radius 2 is 2.33 bits per heavy atom. The van der Waals surface area contributed by atoms with Crippen LogP contribution in [0, 0.1) is 5.92 Å². The highest BCUT2D eigenvalue weighted by Gasteiger charge is 1.99. The SMILES string of the molecule is C/C=C/C(C)CC(=O)S. The molecule has 9 heavy (non-hydrogen) atoms. The molecule has 0 aromatic carbocycles. The summed E-state index contributed by atoms with van der Waals surface area (Å²) in [4.78, 5) is 10.4. The highest BCUT2D eigenvalue weighted by Crippen LogP contribution is 2.05. The number of allylic oxidation sites excluding steroid dienone is 2. The number of rotatable bonds is 3. The van der Waals surface area contributed by atoms with E-state index >= 15 is 0 Å². The largest absolute Gasteiger partial charge is 0.287 e. The van der Waals surface area contributed by atoms with Gasteiger partial charge in [-0.15, -0.1) is 12.6 Å². The third-order valence-corrected chi connectivity index (χ3v) is 1.20. The highest BCUT2D eigenvalue weighted by atomic mass is 32.1. The lowest BCUT2D eigenvalue weighted by Crippen LogP contribution is -1.95. The van der Waals surface area contributed by atoms with Crippen molar-refractivity contribution in [1.82, 2.24) is 0 Å². The van der Waals surface area contributed by atoms with Crippen molar-refractivity contribution in [1.29, 1.82) is 0 Å². The Kier molecular flexibility index (Phi) is 4.50. The third-order valence-electron chi connectivity index (χ3n) is 1.02. The van der Waals surface area contributed by atoms with Gasteiger partial charge in [0.25, 0.3) is 0 Å². The van der Waals surface area contributed by atoms with Crippen molar-refractivity contribution in [3.8, 4) is 0 Å². The molecule has 0 radical (unpaired) electrons. The molecule has 0 saturated heterocycles. The lowest BCUT2D eigenvalue weighted by Gasteiger charge is -1.98. The summed E-state index contributed by atoms with van der Waals surface area (Å²) >= 11 is 3.66. The minimum absolute atomic E-state index is 0.0411. The molecule has 0 aliphatic rings. The van der Waals surface area contributed by atoms with E-state index in [0.29, 0.717) is 12.3 Å². The van der Waals surface area contributed by atoms with Crippen LogP contribution in [0.2, 0.25) is 0 Å². The van der Waals surface area contributed by atoms with Crippen LogP contribution in [-0.2, 0) is 4.79 Å². The molecule has 0 aromatic heterocycles. The van der Waals surface area contributed by atoms with E-state index in [-0.39, 0.29) is 5.12 Å². The first-order valence-corrected chi connectivity index (χ1v) is 3.46. The summed E-state index contributed by atoms with van der Waals surface area (Å²) in [7, 11) is 0. The molecule has 0 aliphatic carbocycles. The summed E-state index contributed by atoms with van der Waals surface area (Å²) in [5, 5.41) is -0.0411. The van der Waals surface area contributed by atoms with Gasteiger partial charge >= 0.3 is 0 Å². The monoisotopic (exact) mass is 144 g/mol. The quantitative estimate of drug-likeness (QED) is 0.474. The third kappa shape index (κ3) is 5.63. The lowest BCUT2D eigenvalue weighted by molar-refractivity contribution is -0.111. The Bertz CT molecular complexity index is 118. The summed E-state index contributed by atoms with van der Waals surface area (Å²) in [6.45, 7) is 3.94. The van der Waals surface area contributed by atoms with E-state index < -0.39 is 0 Å². The van der Waals surface area contributed by atoms with Gasteiger partial charge in [0.05, 0.1) is 0 Å². The average Bonchev–Trinajstić information content (AvgIpc) is 1.63. The Balaban J connectivity index is 3.50. The van der Waals surface area contributed by atoms with Crippen LogP contribution in [-0.4, -0.2) is 5.12 Å². The molecular formula is C7H12OS. The van der Waals surface area contributed by atoms with E-state index in [0.717, 1.165) is 0 Å². The number of thiol groups is 1. The van der Waals surface area contributed by atoms with Crippen molar-refractivity contribution >= 4 is 17.7 Å². The maximum Gasteiger partial charge on any atom is 0.186 e. The van der Waals surface area contributed by atoms with Gasteiger partial charge in [-0.25, -0.2) is 0 Å². The van der Waals surface area contributed by atoms with E-state index in [2.05, 4.69) is 12.6 Å². The molecule has 1 unspecified atom stereocenters. The molecule has 0 aliphatic heterocycles. The number of hydrogen-bond donors (Lipinski definition) is 1. The molecule has 0 bridgehead atoms. The van der Waals surface area contributed by atoms with Crippen LogP contribution in [0.1, 0.15) is 20.3 Å². The van der Waals surface area contributed by atoms with Crippen molar-refractivity contribution < 1.29 is 4.79 Å². The summed E-state index contributed by atoms with van der Waals surface area (Å²) in [6.07, 6.45) is 4.48. The van der Waals surface area contributed by atoms with E-state index in [4.69, 9.17) is 0 Å². The molecule has 0 aromatic rings. The number of carbonyl (C=O) groups is 1. The van der Waals surface area contributed by atoms with Gasteiger partial charge in [-0.2, -0.15) is 0 Å². The zero-order valence-corrected chi connectivity index (χ0v) is 6.69. The maximum atomic E-state index is 10.4. The first-order valence-electron chi connectivity index (χ1n) is 3.01. The van der Waals surface area contributed by atoms with Gasteiger partial charge < -0.3 is 0 Å². The average molecular weight is 144 g/mol. The molecule has 0 saturated carbocycles. The molecule has 1 atom stereocenters. The van der Waals surface area contributed by atoms with Crippen LogP contribution >= 0.6 is 12.6 Å². The second-order valence-corrected chi connectivity index (χ2v) is 2.60. The van der Waals surface area contributed by atoms with Crippen molar-refractivity contribution in [2.45, 2.75) is 20.3 Å². The Morgan fingerprint density at radius 1 is 1.78 bits per heavy atom. The minimum Gasteiger partial charge on any atom is -0.287 e. The number of hydrogen-bond acceptors (Lipinski definition) is 1. The van der Waals surface area contributed by atoms with Crippen molar-refractivity contribution in [3.05, 3.63) is 12.2 Å². The van der Waals surface area contributed by atoms with Crippen LogP contribution in [0.15, 0.2) is 12.2 Å². The fourth-order valence-corrected chi connectivity index (χ4v) is 0.960. The summed E-state index contributed by atoms with van der Waals surface area (Å²) in [6, 6.07) is 0. The second-order valence-electron chi connectivity index (χ2n) is 2.10. The van der Waals surface area contributed by atoms with Gasteiger partial charge in [-0.05, 0) is 12.8 Å². The van der Waals surface area contributed by atoms with Gasteiger partial charge in [-0.1, -0.05) is 19.1 Å². The zero-order valence-electron chi connectivity index (χ0n) is 5.79. The standard InChI is InChI=1S/C7H12OS/c1-3-4-6(2)5-7(8)9/h3-4,6H,5H2,1-2H3,(H,8,9)/b4-3+. The molecule has 52 valence electrons. The molecule has 0 amide bonds. The zero-order chi connectivity index (χ0) is 7.28. The van der Waals surface area contributed by atoms with E-state index in [1.54, 1.807) is 0 Å². The van der Waals surface area contributed by atoms with E-state index in [1.807, 2.05) is 26.0 Å². The molecule has 0 rings (SSSR count). The lowest BCUT2D eigenvalue weighted by atomic mass is 10.1. The highest BCUT2D eigenvalue weighted by molar-refractivity contribution is 7.96. The molecule has 2 heteroatoms. The summed E-state index contributed by atoms with van der Waals surface area (Å²) in [5.41, 5.74) is 0. The van der Waals surface area contributed by atoms with Crippen molar-refractivity contribution in [2.75, 3.05) is 0 Å². The normalized spacial score (nSPS) is 14.1. The molecule has 0 N–H and O–H groups in total. The minimum atomic E-state index is -0.0411. The van der Waals surface area contributed by atoms with Crippen molar-refractivity contribution in [2.24, 2.45) is 5.92 Å². The molecule has 0 fully saturated rings. The van der Waals surface area contributed by atoms with E-state index in [1.165, 1.54) is 0 Å². The molecule has 1 nitrogen and oxygen atoms in total. The Hall–Kier alpha value is -0.240. The van der Waals surface area contributed by atoms with Gasteiger partial charge in [-0.3, -0.25) is 4.79 Å². The van der Waals surface area contributed by atoms with Gasteiger partial charge in [0, 0.05) is 6.42 Å². The van der Waals surface area contributed by atoms with Crippen LogP contribution in [0.3, 0.4) is 0 Å². The van der Waals surface area contributed by atoms with Crippen LogP contribution in [0.25, 0.3) is 0 Å². The maximum absolute atomic E-state index is 10.4. The molecule has 0 spiro atoms. The van der Waals surface area contributed by atoms with Gasteiger partial charge in [0.15, 0.2) is 5.12 Å². The molecule has 0 heterocycles. The summed E-state index contributed by atoms with van der Waals surface area (Å²) in [5.74, 6) is 0.333. The van der Waals surface area contributed by atoms with Crippen molar-refractivity contribution in [3.63, 3.8) is 0 Å².